The molecule has 4 rings (SSSR count). The Kier molecular flexibility index (Phi) is 6.99. The first-order chi connectivity index (χ1) is 15.6. The maximum atomic E-state index is 12.5. The van der Waals surface area contributed by atoms with E-state index < -0.39 is 6.10 Å². The summed E-state index contributed by atoms with van der Waals surface area (Å²) in [4.78, 5) is 28.5. The first kappa shape index (κ1) is 22.2. The number of anilines is 1. The molecule has 0 saturated carbocycles. The molecule has 1 saturated heterocycles. The Morgan fingerprint density at radius 1 is 1.25 bits per heavy atom. The largest absolute Gasteiger partial charge is 0.487 e. The molecule has 2 aliphatic rings. The third-order valence-electron chi connectivity index (χ3n) is 5.66. The number of carbonyl (C=O) groups excluding carboxylic acids is 2. The van der Waals surface area contributed by atoms with Crippen LogP contribution in [0.3, 0.4) is 0 Å². The van der Waals surface area contributed by atoms with Gasteiger partial charge in [0.25, 0.3) is 0 Å². The van der Waals surface area contributed by atoms with Crippen LogP contribution in [0.25, 0.3) is 0 Å². The Labute approximate surface area is 186 Å². The zero-order valence-corrected chi connectivity index (χ0v) is 17.8. The van der Waals surface area contributed by atoms with E-state index in [1.165, 1.54) is 7.11 Å². The van der Waals surface area contributed by atoms with Gasteiger partial charge in [-0.3, -0.25) is 14.6 Å². The fourth-order valence-electron chi connectivity index (χ4n) is 4.27. The molecule has 2 aliphatic heterocycles. The number of amides is 2. The van der Waals surface area contributed by atoms with Crippen molar-refractivity contribution in [3.63, 3.8) is 0 Å². The Morgan fingerprint density at radius 2 is 2.12 bits per heavy atom. The predicted octanol–water partition coefficient (Wildman–Crippen LogP) is 1.37. The number of hydrogen-bond acceptors (Lipinski definition) is 7. The minimum Gasteiger partial charge on any atom is -0.487 e. The molecular formula is C23H27N3O6. The van der Waals surface area contributed by atoms with Gasteiger partial charge < -0.3 is 30.0 Å². The van der Waals surface area contributed by atoms with E-state index in [0.717, 1.165) is 11.3 Å². The van der Waals surface area contributed by atoms with Crippen molar-refractivity contribution < 1.29 is 28.9 Å². The number of nitrogens with one attached hydrogen (secondary N) is 2. The van der Waals surface area contributed by atoms with Gasteiger partial charge in [-0.2, -0.15) is 0 Å². The van der Waals surface area contributed by atoms with E-state index in [-0.39, 0.29) is 49.6 Å². The highest BCUT2D eigenvalue weighted by molar-refractivity contribution is 5.92. The van der Waals surface area contributed by atoms with Gasteiger partial charge in [-0.1, -0.05) is 6.07 Å². The highest BCUT2D eigenvalue weighted by atomic mass is 16.6. The summed E-state index contributed by atoms with van der Waals surface area (Å²) < 4.78 is 16.9. The number of aliphatic hydroxyl groups is 1. The third kappa shape index (κ3) is 5.07. The molecule has 1 aromatic carbocycles. The van der Waals surface area contributed by atoms with Crippen molar-refractivity contribution in [2.75, 3.05) is 25.6 Å². The molecule has 1 aromatic heterocycles. The molecule has 32 heavy (non-hydrogen) atoms. The number of pyridine rings is 1. The zero-order chi connectivity index (χ0) is 22.5. The van der Waals surface area contributed by atoms with Crippen LogP contribution in [0.15, 0.2) is 42.6 Å². The molecule has 2 amide bonds. The first-order valence-electron chi connectivity index (χ1n) is 10.6. The summed E-state index contributed by atoms with van der Waals surface area (Å²) in [5, 5.41) is 15.5. The first-order valence-corrected chi connectivity index (χ1v) is 10.6. The SMILES string of the molecule is COCC(=O)Nc1ccc2c(c1)[C@H]1C[C@@H](CC(=O)NCc3ccccn3)O[C@H](CO)[C@H]1O2. The summed E-state index contributed by atoms with van der Waals surface area (Å²) in [7, 11) is 1.46. The molecule has 0 aliphatic carbocycles. The standard InChI is InChI=1S/C23H27N3O6/c1-30-13-22(29)26-14-5-6-19-17(8-14)18-9-16(31-20(12-27)23(18)32-19)10-21(28)25-11-15-4-2-3-7-24-15/h2-8,16,18,20,23,27H,9-13H2,1H3,(H,25,28)(H,26,29)/t16-,18+,20+,23-/m0/s1. The lowest BCUT2D eigenvalue weighted by atomic mass is 9.84. The molecule has 2 aromatic rings. The van der Waals surface area contributed by atoms with Crippen LogP contribution < -0.4 is 15.4 Å². The van der Waals surface area contributed by atoms with Crippen LogP contribution in [0.2, 0.25) is 0 Å². The molecule has 0 unspecified atom stereocenters. The molecule has 0 spiro atoms. The second-order valence-corrected chi connectivity index (χ2v) is 7.94. The summed E-state index contributed by atoms with van der Waals surface area (Å²) >= 11 is 0. The molecule has 3 heterocycles. The summed E-state index contributed by atoms with van der Waals surface area (Å²) in [6, 6.07) is 11.0. The summed E-state index contributed by atoms with van der Waals surface area (Å²) in [5.41, 5.74) is 2.36. The molecule has 4 atom stereocenters. The number of methoxy groups -OCH3 is 1. The Bertz CT molecular complexity index is 954. The Morgan fingerprint density at radius 3 is 2.88 bits per heavy atom. The van der Waals surface area contributed by atoms with E-state index >= 15 is 0 Å². The van der Waals surface area contributed by atoms with Crippen LogP contribution >= 0.6 is 0 Å². The monoisotopic (exact) mass is 441 g/mol. The smallest absolute Gasteiger partial charge is 0.250 e. The van der Waals surface area contributed by atoms with Crippen LogP contribution in [0.4, 0.5) is 5.69 Å². The number of benzene rings is 1. The average molecular weight is 441 g/mol. The van der Waals surface area contributed by atoms with Crippen molar-refractivity contribution in [1.82, 2.24) is 10.3 Å². The van der Waals surface area contributed by atoms with Gasteiger partial charge in [0.2, 0.25) is 11.8 Å². The van der Waals surface area contributed by atoms with Crippen LogP contribution in [-0.4, -0.2) is 60.5 Å². The van der Waals surface area contributed by atoms with Gasteiger partial charge in [0, 0.05) is 30.5 Å². The maximum absolute atomic E-state index is 12.5. The second-order valence-electron chi connectivity index (χ2n) is 7.94. The van der Waals surface area contributed by atoms with Gasteiger partial charge >= 0.3 is 0 Å². The minimum atomic E-state index is -0.540. The number of ether oxygens (including phenoxy) is 3. The third-order valence-corrected chi connectivity index (χ3v) is 5.66. The number of aromatic nitrogens is 1. The van der Waals surface area contributed by atoms with Gasteiger partial charge in [0.15, 0.2) is 0 Å². The lowest BCUT2D eigenvalue weighted by molar-refractivity contribution is -0.142. The molecular weight excluding hydrogens is 414 g/mol. The minimum absolute atomic E-state index is 0.0320. The van der Waals surface area contributed by atoms with Gasteiger partial charge in [0.1, 0.15) is 24.6 Å². The van der Waals surface area contributed by atoms with Crippen LogP contribution in [0, 0.1) is 0 Å². The lowest BCUT2D eigenvalue weighted by Crippen LogP contribution is -2.47. The van der Waals surface area contributed by atoms with Crippen molar-refractivity contribution in [2.24, 2.45) is 0 Å². The van der Waals surface area contributed by atoms with Gasteiger partial charge in [0.05, 0.1) is 31.4 Å². The zero-order valence-electron chi connectivity index (χ0n) is 17.8. The topological polar surface area (TPSA) is 119 Å². The molecule has 1 fully saturated rings. The van der Waals surface area contributed by atoms with Crippen molar-refractivity contribution in [3.05, 3.63) is 53.9 Å². The molecule has 0 bridgehead atoms. The molecule has 170 valence electrons. The van der Waals surface area contributed by atoms with E-state index in [0.29, 0.717) is 24.4 Å². The summed E-state index contributed by atoms with van der Waals surface area (Å²) in [6.07, 6.45) is 1.18. The van der Waals surface area contributed by atoms with Crippen molar-refractivity contribution in [1.29, 1.82) is 0 Å². The van der Waals surface area contributed by atoms with E-state index in [1.807, 2.05) is 24.3 Å². The number of fused-ring (bicyclic) bond motifs is 3. The number of nitrogens with zero attached hydrogens (tertiary/aromatic N) is 1. The highest BCUT2D eigenvalue weighted by Gasteiger charge is 2.46. The molecule has 0 radical (unpaired) electrons. The Balaban J connectivity index is 1.42. The summed E-state index contributed by atoms with van der Waals surface area (Å²) in [5.74, 6) is 0.261. The van der Waals surface area contributed by atoms with E-state index in [4.69, 9.17) is 14.2 Å². The maximum Gasteiger partial charge on any atom is 0.250 e. The molecule has 9 nitrogen and oxygen atoms in total. The van der Waals surface area contributed by atoms with Crippen molar-refractivity contribution >= 4 is 17.5 Å². The van der Waals surface area contributed by atoms with Gasteiger partial charge in [-0.25, -0.2) is 0 Å². The van der Waals surface area contributed by atoms with Crippen LogP contribution in [-0.2, 0) is 25.6 Å². The number of hydrogen-bond donors (Lipinski definition) is 3. The predicted molar refractivity (Wildman–Crippen MR) is 115 cm³/mol. The van der Waals surface area contributed by atoms with Crippen molar-refractivity contribution in [3.8, 4) is 5.75 Å². The van der Waals surface area contributed by atoms with E-state index in [1.54, 1.807) is 18.3 Å². The number of carbonyl (C=O) groups is 2. The fraction of sp³-hybridized carbons (Fsp3) is 0.435. The summed E-state index contributed by atoms with van der Waals surface area (Å²) in [6.45, 7) is 0.104. The fourth-order valence-corrected chi connectivity index (χ4v) is 4.27. The normalized spacial score (nSPS) is 23.6. The van der Waals surface area contributed by atoms with Gasteiger partial charge in [-0.15, -0.1) is 0 Å². The quantitative estimate of drug-likeness (QED) is 0.566. The van der Waals surface area contributed by atoms with Gasteiger partial charge in [-0.05, 0) is 36.8 Å². The lowest BCUT2D eigenvalue weighted by Gasteiger charge is -2.37. The number of aliphatic hydroxyl groups excluding tert-OH is 1. The number of rotatable bonds is 8. The Hall–Kier alpha value is -3.01. The van der Waals surface area contributed by atoms with Crippen LogP contribution in [0.1, 0.15) is 30.0 Å². The molecule has 9 heteroatoms. The van der Waals surface area contributed by atoms with Crippen LogP contribution in [0.5, 0.6) is 5.75 Å². The highest BCUT2D eigenvalue weighted by Crippen LogP contribution is 2.47. The van der Waals surface area contributed by atoms with E-state index in [9.17, 15) is 14.7 Å². The van der Waals surface area contributed by atoms with E-state index in [2.05, 4.69) is 15.6 Å². The van der Waals surface area contributed by atoms with Crippen molar-refractivity contribution in [2.45, 2.75) is 43.6 Å². The average Bonchev–Trinajstić information content (AvgIpc) is 3.16. The second kappa shape index (κ2) is 10.1. The molecule has 3 N–H and O–H groups in total.